The lowest BCUT2D eigenvalue weighted by Gasteiger charge is -2.07. The Balaban J connectivity index is 4.20. The van der Waals surface area contributed by atoms with Crippen molar-refractivity contribution in [2.24, 2.45) is 0 Å². The number of likely N-dealkylation sites (N-methyl/N-ethyl adjacent to an activating group) is 1. The molecule has 0 aromatic heterocycles. The molecular formula is C9H17NO. The van der Waals surface area contributed by atoms with E-state index in [0.717, 1.165) is 17.7 Å². The van der Waals surface area contributed by atoms with Crippen LogP contribution in [0.15, 0.2) is 16.9 Å². The van der Waals surface area contributed by atoms with Crippen LogP contribution in [0.3, 0.4) is 0 Å². The Labute approximate surface area is 68.8 Å². The number of hydrogen-bond donors (Lipinski definition) is 1. The zero-order valence-corrected chi connectivity index (χ0v) is 7.81. The van der Waals surface area contributed by atoms with E-state index in [1.54, 1.807) is 0 Å². The van der Waals surface area contributed by atoms with Crippen molar-refractivity contribution in [2.75, 3.05) is 27.2 Å². The van der Waals surface area contributed by atoms with Gasteiger partial charge in [0.15, 0.2) is 0 Å². The zero-order valence-electron chi connectivity index (χ0n) is 7.81. The number of nitrogens with zero attached hydrogens (tertiary/aromatic N) is 1. The van der Waals surface area contributed by atoms with Crippen LogP contribution in [0.25, 0.3) is 0 Å². The second-order valence-electron chi connectivity index (χ2n) is 3.08. The van der Waals surface area contributed by atoms with Crippen LogP contribution < -0.4 is 0 Å². The lowest BCUT2D eigenvalue weighted by atomic mass is 10.2. The average Bonchev–Trinajstić information content (AvgIpc) is 1.85. The Bertz CT molecular complexity index is 176. The highest BCUT2D eigenvalue weighted by Gasteiger charge is 1.90. The predicted octanol–water partition coefficient (Wildman–Crippen LogP) is 1.03. The minimum Gasteiger partial charge on any atom is -0.391 e. The lowest BCUT2D eigenvalue weighted by molar-refractivity contribution is 0.331. The summed E-state index contributed by atoms with van der Waals surface area (Å²) in [6.45, 7) is 4.89. The van der Waals surface area contributed by atoms with Gasteiger partial charge in [-0.3, -0.25) is 0 Å². The summed E-state index contributed by atoms with van der Waals surface area (Å²) < 4.78 is 0. The first-order valence-electron chi connectivity index (χ1n) is 3.73. The summed E-state index contributed by atoms with van der Waals surface area (Å²) in [5.74, 6) is 0. The molecule has 0 rings (SSSR count). The summed E-state index contributed by atoms with van der Waals surface area (Å²) in [6, 6.07) is 0. The molecule has 0 heterocycles. The third kappa shape index (κ3) is 5.86. The van der Waals surface area contributed by atoms with Gasteiger partial charge in [-0.05, 0) is 39.1 Å². The van der Waals surface area contributed by atoms with E-state index in [1.165, 1.54) is 0 Å². The summed E-state index contributed by atoms with van der Waals surface area (Å²) in [7, 11) is 4.03. The highest BCUT2D eigenvalue weighted by Crippen LogP contribution is 1.94. The van der Waals surface area contributed by atoms with Gasteiger partial charge in [0.05, 0.1) is 6.61 Å². The van der Waals surface area contributed by atoms with Crippen molar-refractivity contribution >= 4 is 0 Å². The Kier molecular flexibility index (Phi) is 4.88. The van der Waals surface area contributed by atoms with E-state index < -0.39 is 0 Å². The number of rotatable bonds is 3. The molecule has 0 amide bonds. The molecule has 0 atom stereocenters. The molecule has 0 aliphatic heterocycles. The fraction of sp³-hybridized carbons (Fsp3) is 0.667. The maximum absolute atomic E-state index is 8.69. The standard InChI is InChI=1S/C9H17NO/c1-8(6-10(3)4)5-9(2)7-11/h11H,6-7H2,1-4H3. The van der Waals surface area contributed by atoms with Gasteiger partial charge in [-0.1, -0.05) is 0 Å². The molecule has 0 radical (unpaired) electrons. The minimum absolute atomic E-state index is 0.102. The lowest BCUT2D eigenvalue weighted by Crippen LogP contribution is -2.13. The highest BCUT2D eigenvalue weighted by atomic mass is 16.3. The van der Waals surface area contributed by atoms with Crippen LogP contribution in [0.4, 0.5) is 0 Å². The van der Waals surface area contributed by atoms with Gasteiger partial charge in [-0.25, -0.2) is 0 Å². The Morgan fingerprint density at radius 3 is 2.18 bits per heavy atom. The molecule has 0 aliphatic carbocycles. The number of aliphatic hydroxyl groups excluding tert-OH is 1. The molecular weight excluding hydrogens is 138 g/mol. The van der Waals surface area contributed by atoms with E-state index in [1.807, 2.05) is 27.9 Å². The van der Waals surface area contributed by atoms with Crippen molar-refractivity contribution in [3.05, 3.63) is 16.9 Å². The summed E-state index contributed by atoms with van der Waals surface area (Å²) >= 11 is 0. The van der Waals surface area contributed by atoms with Crippen molar-refractivity contribution in [1.82, 2.24) is 4.90 Å². The largest absolute Gasteiger partial charge is 0.391 e. The fourth-order valence-electron chi connectivity index (χ4n) is 0.918. The second kappa shape index (κ2) is 5.14. The van der Waals surface area contributed by atoms with Gasteiger partial charge in [-0.15, -0.1) is 5.73 Å². The Morgan fingerprint density at radius 2 is 1.82 bits per heavy atom. The third-order valence-electron chi connectivity index (χ3n) is 1.22. The van der Waals surface area contributed by atoms with Crippen LogP contribution in [0.1, 0.15) is 13.8 Å². The van der Waals surface area contributed by atoms with Crippen molar-refractivity contribution in [1.29, 1.82) is 0 Å². The third-order valence-corrected chi connectivity index (χ3v) is 1.22. The minimum atomic E-state index is 0.102. The molecule has 64 valence electrons. The van der Waals surface area contributed by atoms with Crippen molar-refractivity contribution in [3.63, 3.8) is 0 Å². The SMILES string of the molecule is CC(=C=C(C)CN(C)C)CO. The fourth-order valence-corrected chi connectivity index (χ4v) is 0.918. The number of aliphatic hydroxyl groups is 1. The topological polar surface area (TPSA) is 23.5 Å². The van der Waals surface area contributed by atoms with E-state index >= 15 is 0 Å². The van der Waals surface area contributed by atoms with Crippen molar-refractivity contribution in [2.45, 2.75) is 13.8 Å². The Hall–Kier alpha value is -0.560. The molecule has 0 aromatic rings. The van der Waals surface area contributed by atoms with E-state index in [-0.39, 0.29) is 6.61 Å². The molecule has 2 nitrogen and oxygen atoms in total. The van der Waals surface area contributed by atoms with Crippen LogP contribution in [0.2, 0.25) is 0 Å². The van der Waals surface area contributed by atoms with E-state index in [2.05, 4.69) is 10.6 Å². The van der Waals surface area contributed by atoms with Crippen LogP contribution in [-0.2, 0) is 0 Å². The molecule has 0 bridgehead atoms. The summed E-state index contributed by atoms with van der Waals surface area (Å²) in [6.07, 6.45) is 0. The molecule has 0 spiro atoms. The van der Waals surface area contributed by atoms with E-state index in [4.69, 9.17) is 5.11 Å². The Morgan fingerprint density at radius 1 is 1.27 bits per heavy atom. The van der Waals surface area contributed by atoms with Gasteiger partial charge in [-0.2, -0.15) is 0 Å². The summed E-state index contributed by atoms with van der Waals surface area (Å²) in [5, 5.41) is 8.69. The number of hydrogen-bond acceptors (Lipinski definition) is 2. The summed E-state index contributed by atoms with van der Waals surface area (Å²) in [5.41, 5.74) is 5.15. The second-order valence-corrected chi connectivity index (χ2v) is 3.08. The predicted molar refractivity (Wildman–Crippen MR) is 47.5 cm³/mol. The zero-order chi connectivity index (χ0) is 8.85. The molecule has 2 heteroatoms. The molecule has 11 heavy (non-hydrogen) atoms. The summed E-state index contributed by atoms with van der Waals surface area (Å²) in [4.78, 5) is 2.08. The maximum Gasteiger partial charge on any atom is 0.0713 e. The van der Waals surface area contributed by atoms with Crippen molar-refractivity contribution in [3.8, 4) is 0 Å². The quantitative estimate of drug-likeness (QED) is 0.615. The van der Waals surface area contributed by atoms with Crippen LogP contribution in [-0.4, -0.2) is 37.3 Å². The van der Waals surface area contributed by atoms with Crippen molar-refractivity contribution < 1.29 is 5.11 Å². The monoisotopic (exact) mass is 155 g/mol. The maximum atomic E-state index is 8.69. The smallest absolute Gasteiger partial charge is 0.0713 e. The molecule has 0 saturated carbocycles. The molecule has 1 N–H and O–H groups in total. The molecule has 0 aliphatic rings. The first-order chi connectivity index (χ1) is 5.06. The van der Waals surface area contributed by atoms with Crippen LogP contribution in [0.5, 0.6) is 0 Å². The van der Waals surface area contributed by atoms with Gasteiger partial charge in [0.25, 0.3) is 0 Å². The first kappa shape index (κ1) is 10.4. The molecule has 0 saturated heterocycles. The van der Waals surface area contributed by atoms with E-state index in [0.29, 0.717) is 0 Å². The van der Waals surface area contributed by atoms with Gasteiger partial charge < -0.3 is 10.0 Å². The van der Waals surface area contributed by atoms with Crippen LogP contribution in [0, 0.1) is 0 Å². The van der Waals surface area contributed by atoms with Crippen LogP contribution >= 0.6 is 0 Å². The van der Waals surface area contributed by atoms with Gasteiger partial charge in [0.1, 0.15) is 0 Å². The van der Waals surface area contributed by atoms with E-state index in [9.17, 15) is 0 Å². The molecule has 0 fully saturated rings. The first-order valence-corrected chi connectivity index (χ1v) is 3.73. The van der Waals surface area contributed by atoms with Gasteiger partial charge in [0, 0.05) is 6.54 Å². The van der Waals surface area contributed by atoms with Gasteiger partial charge >= 0.3 is 0 Å². The highest BCUT2D eigenvalue weighted by molar-refractivity contribution is 5.06. The molecule has 0 unspecified atom stereocenters. The molecule has 0 aromatic carbocycles. The van der Waals surface area contributed by atoms with Gasteiger partial charge in [0.2, 0.25) is 0 Å². The average molecular weight is 155 g/mol. The normalized spacial score (nSPS) is 9.64.